The Kier molecular flexibility index (Phi) is 6.71. The van der Waals surface area contributed by atoms with E-state index in [4.69, 9.17) is 11.6 Å². The van der Waals surface area contributed by atoms with Gasteiger partial charge < -0.3 is 10.2 Å². The first kappa shape index (κ1) is 16.5. The molecule has 2 nitrogen and oxygen atoms in total. The lowest BCUT2D eigenvalue weighted by Crippen LogP contribution is -2.25. The Balaban J connectivity index is 1.63. The predicted molar refractivity (Wildman–Crippen MR) is 93.1 cm³/mol. The van der Waals surface area contributed by atoms with E-state index in [9.17, 15) is 0 Å². The van der Waals surface area contributed by atoms with Crippen molar-refractivity contribution in [3.63, 3.8) is 0 Å². The molecule has 4 heteroatoms. The zero-order valence-electron chi connectivity index (χ0n) is 12.7. The van der Waals surface area contributed by atoms with Crippen LogP contribution in [-0.4, -0.2) is 25.0 Å². The van der Waals surface area contributed by atoms with Gasteiger partial charge in [-0.1, -0.05) is 41.9 Å². The molecule has 0 aliphatic carbocycles. The molecule has 0 radical (unpaired) electrons. The zero-order valence-corrected chi connectivity index (χ0v) is 14.3. The molecule has 1 N–H and O–H groups in total. The van der Waals surface area contributed by atoms with Gasteiger partial charge in [0, 0.05) is 17.5 Å². The van der Waals surface area contributed by atoms with E-state index < -0.39 is 0 Å². The summed E-state index contributed by atoms with van der Waals surface area (Å²) in [7, 11) is 2.18. The molecule has 114 valence electrons. The third-order valence-corrected chi connectivity index (χ3v) is 4.90. The van der Waals surface area contributed by atoms with Crippen LogP contribution in [0.15, 0.2) is 42.5 Å². The van der Waals surface area contributed by atoms with E-state index in [1.807, 2.05) is 6.07 Å². The molecule has 1 aromatic heterocycles. The molecule has 1 atom stereocenters. The molecule has 0 amide bonds. The normalized spacial score (nSPS) is 12.8. The highest BCUT2D eigenvalue weighted by Gasteiger charge is 2.07. The summed E-state index contributed by atoms with van der Waals surface area (Å²) >= 11 is 7.62. The summed E-state index contributed by atoms with van der Waals surface area (Å²) < 4.78 is 0.862. The Morgan fingerprint density at radius 3 is 2.62 bits per heavy atom. The SMILES string of the molecule is CC(NCCCN(C)Cc1ccccc1)c1ccc(Cl)s1. The van der Waals surface area contributed by atoms with Gasteiger partial charge in [-0.05, 0) is 51.2 Å². The number of rotatable bonds is 8. The summed E-state index contributed by atoms with van der Waals surface area (Å²) in [5.74, 6) is 0. The fraction of sp³-hybridized carbons (Fsp3) is 0.412. The standard InChI is InChI=1S/C17H23ClN2S/c1-14(16-9-10-17(18)21-16)19-11-6-12-20(2)13-15-7-4-3-5-8-15/h3-5,7-10,14,19H,6,11-13H2,1-2H3. The molecule has 0 saturated heterocycles. The molecule has 0 spiro atoms. The highest BCUT2D eigenvalue weighted by Crippen LogP contribution is 2.26. The summed E-state index contributed by atoms with van der Waals surface area (Å²) in [6.07, 6.45) is 1.15. The largest absolute Gasteiger partial charge is 0.309 e. The predicted octanol–water partition coefficient (Wildman–Crippen LogP) is 4.57. The highest BCUT2D eigenvalue weighted by molar-refractivity contribution is 7.16. The third-order valence-electron chi connectivity index (χ3n) is 3.48. The number of nitrogens with one attached hydrogen (secondary N) is 1. The number of nitrogens with zero attached hydrogens (tertiary/aromatic N) is 1. The first-order valence-electron chi connectivity index (χ1n) is 7.36. The lowest BCUT2D eigenvalue weighted by atomic mass is 10.2. The van der Waals surface area contributed by atoms with Crippen molar-refractivity contribution in [2.45, 2.75) is 25.9 Å². The maximum absolute atomic E-state index is 5.97. The summed E-state index contributed by atoms with van der Waals surface area (Å²) in [6, 6.07) is 15.1. The molecule has 0 aliphatic rings. The van der Waals surface area contributed by atoms with E-state index >= 15 is 0 Å². The third kappa shape index (κ3) is 5.79. The van der Waals surface area contributed by atoms with E-state index in [1.54, 1.807) is 11.3 Å². The second-order valence-electron chi connectivity index (χ2n) is 5.39. The van der Waals surface area contributed by atoms with Crippen LogP contribution in [0.4, 0.5) is 0 Å². The lowest BCUT2D eigenvalue weighted by Gasteiger charge is -2.18. The number of hydrogen-bond donors (Lipinski definition) is 1. The van der Waals surface area contributed by atoms with E-state index in [2.05, 4.69) is 60.6 Å². The number of halogens is 1. The molecule has 2 rings (SSSR count). The van der Waals surface area contributed by atoms with Crippen LogP contribution in [0.5, 0.6) is 0 Å². The van der Waals surface area contributed by atoms with Crippen LogP contribution in [0.25, 0.3) is 0 Å². The maximum atomic E-state index is 5.97. The van der Waals surface area contributed by atoms with Crippen LogP contribution < -0.4 is 5.32 Å². The second kappa shape index (κ2) is 8.54. The Morgan fingerprint density at radius 2 is 1.95 bits per heavy atom. The Hall–Kier alpha value is -0.870. The molecule has 0 fully saturated rings. The molecule has 0 saturated carbocycles. The zero-order chi connectivity index (χ0) is 15.1. The highest BCUT2D eigenvalue weighted by atomic mass is 35.5. The fourth-order valence-corrected chi connectivity index (χ4v) is 3.39. The number of thiophene rings is 1. The molecule has 1 heterocycles. The van der Waals surface area contributed by atoms with Gasteiger partial charge in [0.2, 0.25) is 0 Å². The van der Waals surface area contributed by atoms with Crippen LogP contribution in [0.3, 0.4) is 0 Å². The first-order valence-corrected chi connectivity index (χ1v) is 8.55. The van der Waals surface area contributed by atoms with Crippen molar-refractivity contribution in [2.75, 3.05) is 20.1 Å². The van der Waals surface area contributed by atoms with Crippen molar-refractivity contribution in [3.8, 4) is 0 Å². The van der Waals surface area contributed by atoms with Gasteiger partial charge in [-0.3, -0.25) is 0 Å². The van der Waals surface area contributed by atoms with Gasteiger partial charge in [0.05, 0.1) is 4.34 Å². The van der Waals surface area contributed by atoms with E-state index in [0.717, 1.165) is 30.4 Å². The summed E-state index contributed by atoms with van der Waals surface area (Å²) in [5.41, 5.74) is 1.37. The minimum Gasteiger partial charge on any atom is -0.309 e. The molecule has 0 bridgehead atoms. The van der Waals surface area contributed by atoms with Gasteiger partial charge in [0.25, 0.3) is 0 Å². The molecule has 21 heavy (non-hydrogen) atoms. The second-order valence-corrected chi connectivity index (χ2v) is 7.14. The minimum absolute atomic E-state index is 0.377. The van der Waals surface area contributed by atoms with E-state index in [-0.39, 0.29) is 0 Å². The Morgan fingerprint density at radius 1 is 1.19 bits per heavy atom. The summed E-state index contributed by atoms with van der Waals surface area (Å²) in [4.78, 5) is 3.67. The Labute approximate surface area is 136 Å². The smallest absolute Gasteiger partial charge is 0.0931 e. The molecule has 1 unspecified atom stereocenters. The van der Waals surface area contributed by atoms with Gasteiger partial charge in [0.15, 0.2) is 0 Å². The van der Waals surface area contributed by atoms with Crippen LogP contribution in [0.2, 0.25) is 4.34 Å². The topological polar surface area (TPSA) is 15.3 Å². The van der Waals surface area contributed by atoms with Crippen molar-refractivity contribution < 1.29 is 0 Å². The van der Waals surface area contributed by atoms with Gasteiger partial charge in [-0.25, -0.2) is 0 Å². The molecular formula is C17H23ClN2S. The molecule has 1 aromatic carbocycles. The average molecular weight is 323 g/mol. The van der Waals surface area contributed by atoms with Crippen molar-refractivity contribution in [1.82, 2.24) is 10.2 Å². The van der Waals surface area contributed by atoms with Gasteiger partial charge in [0.1, 0.15) is 0 Å². The fourth-order valence-electron chi connectivity index (χ4n) is 2.30. The lowest BCUT2D eigenvalue weighted by molar-refractivity contribution is 0.317. The van der Waals surface area contributed by atoms with Crippen molar-refractivity contribution in [1.29, 1.82) is 0 Å². The average Bonchev–Trinajstić information content (AvgIpc) is 2.91. The van der Waals surface area contributed by atoms with Gasteiger partial charge >= 0.3 is 0 Å². The minimum atomic E-state index is 0.377. The van der Waals surface area contributed by atoms with E-state index in [1.165, 1.54) is 10.4 Å². The van der Waals surface area contributed by atoms with Crippen LogP contribution in [0, 0.1) is 0 Å². The summed E-state index contributed by atoms with van der Waals surface area (Å²) in [5, 5.41) is 3.56. The molecule has 0 aliphatic heterocycles. The van der Waals surface area contributed by atoms with Gasteiger partial charge in [-0.2, -0.15) is 0 Å². The summed E-state index contributed by atoms with van der Waals surface area (Å²) in [6.45, 7) is 5.32. The maximum Gasteiger partial charge on any atom is 0.0931 e. The van der Waals surface area contributed by atoms with Crippen molar-refractivity contribution in [2.24, 2.45) is 0 Å². The molecule has 2 aromatic rings. The quantitative estimate of drug-likeness (QED) is 0.716. The Bertz CT molecular complexity index is 527. The van der Waals surface area contributed by atoms with Crippen LogP contribution in [-0.2, 0) is 6.54 Å². The number of benzene rings is 1. The van der Waals surface area contributed by atoms with E-state index in [0.29, 0.717) is 6.04 Å². The van der Waals surface area contributed by atoms with Crippen LogP contribution in [0.1, 0.15) is 29.8 Å². The van der Waals surface area contributed by atoms with Crippen molar-refractivity contribution in [3.05, 3.63) is 57.2 Å². The first-order chi connectivity index (χ1) is 10.1. The molecular weight excluding hydrogens is 300 g/mol. The monoisotopic (exact) mass is 322 g/mol. The van der Waals surface area contributed by atoms with Crippen molar-refractivity contribution >= 4 is 22.9 Å². The van der Waals surface area contributed by atoms with Gasteiger partial charge in [-0.15, -0.1) is 11.3 Å². The number of hydrogen-bond acceptors (Lipinski definition) is 3. The van der Waals surface area contributed by atoms with Crippen LogP contribution >= 0.6 is 22.9 Å².